The second kappa shape index (κ2) is 1.61. The molecule has 1 nitrogen and oxygen atoms in total. The van der Waals surface area contributed by atoms with E-state index in [0.29, 0.717) is 6.10 Å². The van der Waals surface area contributed by atoms with Gasteiger partial charge >= 0.3 is 0 Å². The van der Waals surface area contributed by atoms with Gasteiger partial charge in [-0.3, -0.25) is 0 Å². The summed E-state index contributed by atoms with van der Waals surface area (Å²) in [6.45, 7) is 3.20. The lowest BCUT2D eigenvalue weighted by molar-refractivity contribution is 0.395. The molecule has 6 heavy (non-hydrogen) atoms. The third kappa shape index (κ3) is 0.977. The van der Waals surface area contributed by atoms with E-state index >= 15 is 0 Å². The van der Waals surface area contributed by atoms with Crippen LogP contribution in [0.3, 0.4) is 0 Å². The highest BCUT2D eigenvalue weighted by molar-refractivity contribution is 4.66. The minimum absolute atomic E-state index is 0.648. The Morgan fingerprint density at radius 2 is 2.50 bits per heavy atom. The van der Waals surface area contributed by atoms with Crippen LogP contribution in [-0.4, -0.2) is 12.7 Å². The van der Waals surface area contributed by atoms with Crippen molar-refractivity contribution in [2.45, 2.75) is 25.9 Å². The van der Waals surface area contributed by atoms with Gasteiger partial charge in [-0.15, -0.1) is 0 Å². The van der Waals surface area contributed by atoms with Gasteiger partial charge in [-0.25, -0.2) is 0 Å². The van der Waals surface area contributed by atoms with Crippen molar-refractivity contribution in [1.29, 1.82) is 0 Å². The molecule has 0 aromatic heterocycles. The smallest absolute Gasteiger partial charge is 0.0809 e. The van der Waals surface area contributed by atoms with Crippen molar-refractivity contribution in [2.24, 2.45) is 0 Å². The van der Waals surface area contributed by atoms with Crippen molar-refractivity contribution in [2.75, 3.05) is 6.61 Å². The summed E-state index contributed by atoms with van der Waals surface area (Å²) in [5.74, 6) is 0. The van der Waals surface area contributed by atoms with Crippen LogP contribution in [-0.2, 0) is 4.74 Å². The maximum Gasteiger partial charge on any atom is 0.0809 e. The largest absolute Gasteiger partial charge is 0.373 e. The van der Waals surface area contributed by atoms with Gasteiger partial charge in [0.1, 0.15) is 0 Å². The van der Waals surface area contributed by atoms with Gasteiger partial charge in [0.25, 0.3) is 0 Å². The molecule has 0 unspecified atom stereocenters. The number of ether oxygens (including phenoxy) is 1. The first-order valence-electron chi connectivity index (χ1n) is 2.55. The minimum atomic E-state index is 0.648. The molecule has 1 rings (SSSR count). The summed E-state index contributed by atoms with van der Waals surface area (Å²) in [5.41, 5.74) is 0. The van der Waals surface area contributed by atoms with Gasteiger partial charge in [0.05, 0.1) is 12.7 Å². The Labute approximate surface area is 38.3 Å². The molecule has 0 aliphatic carbocycles. The van der Waals surface area contributed by atoms with Gasteiger partial charge in [-0.1, -0.05) is 13.3 Å². The molecule has 1 aliphatic rings. The third-order valence-electron chi connectivity index (χ3n) is 1.01. The number of epoxide rings is 1. The summed E-state index contributed by atoms with van der Waals surface area (Å²) < 4.78 is 4.95. The van der Waals surface area contributed by atoms with Gasteiger partial charge in [0, 0.05) is 0 Å². The zero-order valence-corrected chi connectivity index (χ0v) is 4.11. The SMILES string of the molecule is CCC[C@H]1CO1. The fourth-order valence-corrected chi connectivity index (χ4v) is 0.557. The molecule has 1 saturated heterocycles. The highest BCUT2D eigenvalue weighted by Gasteiger charge is 2.19. The zero-order chi connectivity index (χ0) is 4.41. The second-order valence-corrected chi connectivity index (χ2v) is 1.74. The van der Waals surface area contributed by atoms with E-state index in [4.69, 9.17) is 4.74 Å². The Morgan fingerprint density at radius 1 is 1.83 bits per heavy atom. The molecule has 0 spiro atoms. The van der Waals surface area contributed by atoms with Crippen molar-refractivity contribution in [1.82, 2.24) is 0 Å². The Balaban J connectivity index is 1.88. The summed E-state index contributed by atoms with van der Waals surface area (Å²) in [6.07, 6.45) is 3.18. The van der Waals surface area contributed by atoms with Gasteiger partial charge in [-0.2, -0.15) is 0 Å². The van der Waals surface area contributed by atoms with E-state index in [1.54, 1.807) is 0 Å². The molecule has 1 heteroatoms. The number of rotatable bonds is 2. The summed E-state index contributed by atoms with van der Waals surface area (Å²) in [5, 5.41) is 0. The Morgan fingerprint density at radius 3 is 2.67 bits per heavy atom. The van der Waals surface area contributed by atoms with Crippen LogP contribution in [0.25, 0.3) is 0 Å². The van der Waals surface area contributed by atoms with Crippen LogP contribution in [0.1, 0.15) is 19.8 Å². The molecule has 0 saturated carbocycles. The Bertz CT molecular complexity index is 39.2. The minimum Gasteiger partial charge on any atom is -0.373 e. The molecule has 36 valence electrons. The first-order chi connectivity index (χ1) is 2.93. The van der Waals surface area contributed by atoms with Crippen molar-refractivity contribution in [3.05, 3.63) is 0 Å². The maximum absolute atomic E-state index is 4.95. The lowest BCUT2D eigenvalue weighted by atomic mass is 10.3. The predicted molar refractivity (Wildman–Crippen MR) is 24.6 cm³/mol. The molecular weight excluding hydrogens is 76.1 g/mol. The Kier molecular flexibility index (Phi) is 1.10. The highest BCUT2D eigenvalue weighted by atomic mass is 16.6. The van der Waals surface area contributed by atoms with Crippen LogP contribution < -0.4 is 0 Å². The van der Waals surface area contributed by atoms with Crippen LogP contribution in [0.2, 0.25) is 0 Å². The molecule has 1 aliphatic heterocycles. The topological polar surface area (TPSA) is 12.5 Å². The lowest BCUT2D eigenvalue weighted by Gasteiger charge is -1.79. The number of hydrogen-bond acceptors (Lipinski definition) is 1. The Hall–Kier alpha value is -0.0400. The monoisotopic (exact) mass is 86.1 g/mol. The van der Waals surface area contributed by atoms with Gasteiger partial charge in [-0.05, 0) is 6.42 Å². The van der Waals surface area contributed by atoms with E-state index in [2.05, 4.69) is 6.92 Å². The fourth-order valence-electron chi connectivity index (χ4n) is 0.557. The van der Waals surface area contributed by atoms with E-state index in [0.717, 1.165) is 6.61 Å². The quantitative estimate of drug-likeness (QED) is 0.460. The van der Waals surface area contributed by atoms with Crippen LogP contribution in [0.15, 0.2) is 0 Å². The van der Waals surface area contributed by atoms with Gasteiger partial charge < -0.3 is 4.74 Å². The molecular formula is C5H10O. The zero-order valence-electron chi connectivity index (χ0n) is 4.11. The predicted octanol–water partition coefficient (Wildman–Crippen LogP) is 1.19. The van der Waals surface area contributed by atoms with Crippen LogP contribution >= 0.6 is 0 Å². The summed E-state index contributed by atoms with van der Waals surface area (Å²) in [6, 6.07) is 0. The van der Waals surface area contributed by atoms with Crippen molar-refractivity contribution in [3.8, 4) is 0 Å². The van der Waals surface area contributed by atoms with Crippen LogP contribution in [0, 0.1) is 0 Å². The van der Waals surface area contributed by atoms with Crippen molar-refractivity contribution < 1.29 is 4.74 Å². The summed E-state index contributed by atoms with van der Waals surface area (Å²) in [4.78, 5) is 0. The van der Waals surface area contributed by atoms with E-state index in [1.165, 1.54) is 12.8 Å². The number of hydrogen-bond donors (Lipinski definition) is 0. The first-order valence-corrected chi connectivity index (χ1v) is 2.55. The molecule has 0 N–H and O–H groups in total. The molecule has 0 aromatic rings. The third-order valence-corrected chi connectivity index (χ3v) is 1.01. The molecule has 0 bridgehead atoms. The lowest BCUT2D eigenvalue weighted by Crippen LogP contribution is -1.78. The molecule has 0 amide bonds. The summed E-state index contributed by atoms with van der Waals surface area (Å²) in [7, 11) is 0. The molecule has 1 heterocycles. The highest BCUT2D eigenvalue weighted by Crippen LogP contribution is 2.14. The van der Waals surface area contributed by atoms with Crippen LogP contribution in [0.5, 0.6) is 0 Å². The standard InChI is InChI=1S/C5H10O/c1-2-3-5-4-6-5/h5H,2-4H2,1H3/t5-/m0/s1. The van der Waals surface area contributed by atoms with Gasteiger partial charge in [0.2, 0.25) is 0 Å². The van der Waals surface area contributed by atoms with Crippen molar-refractivity contribution >= 4 is 0 Å². The average molecular weight is 86.1 g/mol. The van der Waals surface area contributed by atoms with E-state index in [1.807, 2.05) is 0 Å². The molecule has 0 radical (unpaired) electrons. The molecule has 1 atom stereocenters. The first kappa shape index (κ1) is 4.13. The fraction of sp³-hybridized carbons (Fsp3) is 1.00. The van der Waals surface area contributed by atoms with Gasteiger partial charge in [0.15, 0.2) is 0 Å². The van der Waals surface area contributed by atoms with E-state index in [-0.39, 0.29) is 0 Å². The summed E-state index contributed by atoms with van der Waals surface area (Å²) >= 11 is 0. The molecule has 0 aromatic carbocycles. The van der Waals surface area contributed by atoms with E-state index in [9.17, 15) is 0 Å². The van der Waals surface area contributed by atoms with Crippen molar-refractivity contribution in [3.63, 3.8) is 0 Å². The van der Waals surface area contributed by atoms with Crippen LogP contribution in [0.4, 0.5) is 0 Å². The maximum atomic E-state index is 4.95. The normalized spacial score (nSPS) is 30.5. The second-order valence-electron chi connectivity index (χ2n) is 1.74. The average Bonchev–Trinajstić information content (AvgIpc) is 2.21. The molecule has 1 fully saturated rings. The van der Waals surface area contributed by atoms with E-state index < -0.39 is 0 Å².